The summed E-state index contributed by atoms with van der Waals surface area (Å²) >= 11 is 11.3. The molecule has 1 fully saturated rings. The van der Waals surface area contributed by atoms with Crippen LogP contribution in [-0.2, 0) is 21.1 Å². The molecule has 0 aromatic heterocycles. The van der Waals surface area contributed by atoms with E-state index in [1.165, 1.54) is 4.42 Å². The molecule has 1 heterocycles. The minimum Gasteiger partial charge on any atom is -0.325 e. The Morgan fingerprint density at radius 1 is 1.56 bits per heavy atom. The molecule has 9 heavy (non-hydrogen) atoms. The van der Waals surface area contributed by atoms with Crippen LogP contribution in [-0.4, -0.2) is 22.5 Å². The minimum absolute atomic E-state index is 0. The predicted molar refractivity (Wildman–Crippen MR) is 34.8 cm³/mol. The van der Waals surface area contributed by atoms with Gasteiger partial charge in [0.05, 0.1) is 0 Å². The van der Waals surface area contributed by atoms with Gasteiger partial charge in [0, 0.05) is 33.7 Å². The van der Waals surface area contributed by atoms with Gasteiger partial charge in [0.1, 0.15) is 5.50 Å². The zero-order valence-electron chi connectivity index (χ0n) is 4.67. The molecule has 0 amide bonds. The summed E-state index contributed by atoms with van der Waals surface area (Å²) in [5.41, 5.74) is 5.34. The Balaban J connectivity index is 0.000000640. The van der Waals surface area contributed by atoms with Gasteiger partial charge in [-0.15, -0.1) is 11.6 Å². The number of alkyl halides is 1. The van der Waals surface area contributed by atoms with Gasteiger partial charge in [-0.3, -0.25) is 0 Å². The van der Waals surface area contributed by atoms with Crippen molar-refractivity contribution in [1.29, 1.82) is 0 Å². The van der Waals surface area contributed by atoms with E-state index in [0.29, 0.717) is 0 Å². The fourth-order valence-corrected chi connectivity index (χ4v) is 1.21. The van der Waals surface area contributed by atoms with Crippen LogP contribution in [0, 0.1) is 0 Å². The van der Waals surface area contributed by atoms with E-state index in [9.17, 15) is 0 Å². The third kappa shape index (κ3) is 2.36. The van der Waals surface area contributed by atoms with Crippen LogP contribution in [0.2, 0.25) is 0 Å². The van der Waals surface area contributed by atoms with Crippen molar-refractivity contribution in [3.63, 3.8) is 0 Å². The number of hydrogen-bond donors (Lipinski definition) is 1. The van der Waals surface area contributed by atoms with Crippen molar-refractivity contribution in [3.8, 4) is 0 Å². The normalized spacial score (nSPS) is 36.3. The van der Waals surface area contributed by atoms with Gasteiger partial charge in [-0.25, -0.2) is 4.42 Å². The van der Waals surface area contributed by atoms with E-state index in [0.717, 1.165) is 13.0 Å². The number of halogens is 2. The molecule has 2 nitrogen and oxygen atoms in total. The molecule has 1 rings (SSSR count). The number of nitrogens with zero attached hydrogens (tertiary/aromatic N) is 1. The molecule has 0 radical (unpaired) electrons. The molecular formula is C4H8Cl2N2Pt. The molecule has 0 saturated carbocycles. The topological polar surface area (TPSA) is 29.3 Å². The van der Waals surface area contributed by atoms with Gasteiger partial charge in [-0.05, 0) is 18.2 Å². The summed E-state index contributed by atoms with van der Waals surface area (Å²) in [4.78, 5) is 0. The van der Waals surface area contributed by atoms with Crippen molar-refractivity contribution in [2.75, 3.05) is 6.54 Å². The van der Waals surface area contributed by atoms with Gasteiger partial charge >= 0.3 is 0 Å². The predicted octanol–water partition coefficient (Wildman–Crippen LogP) is 0.736. The van der Waals surface area contributed by atoms with Crippen LogP contribution in [0.1, 0.15) is 6.42 Å². The van der Waals surface area contributed by atoms with Crippen LogP contribution in [0.4, 0.5) is 0 Å². The Bertz CT molecular complexity index is 82.6. The average molecular weight is 350 g/mol. The summed E-state index contributed by atoms with van der Waals surface area (Å²) in [5, 5.41) is 0. The van der Waals surface area contributed by atoms with E-state index in [1.807, 2.05) is 0 Å². The Labute approximate surface area is 79.0 Å². The summed E-state index contributed by atoms with van der Waals surface area (Å²) in [6, 6.07) is 0.0502. The van der Waals surface area contributed by atoms with Crippen molar-refractivity contribution < 1.29 is 21.1 Å². The molecule has 0 aromatic rings. The van der Waals surface area contributed by atoms with Crippen molar-refractivity contribution in [2.24, 2.45) is 5.73 Å². The Kier molecular flexibility index (Phi) is 4.69. The first kappa shape index (κ1) is 10.2. The largest absolute Gasteiger partial charge is 0.325 e. The third-order valence-corrected chi connectivity index (χ3v) is 2.34. The molecular weight excluding hydrogens is 342 g/mol. The zero-order chi connectivity index (χ0) is 6.15. The van der Waals surface area contributed by atoms with Crippen LogP contribution in [0.25, 0.3) is 0 Å². The molecule has 0 aliphatic carbocycles. The summed E-state index contributed by atoms with van der Waals surface area (Å²) in [5.74, 6) is 0. The Hall–Kier alpha value is 1.19. The molecule has 1 aliphatic rings. The molecule has 5 heteroatoms. The van der Waals surface area contributed by atoms with Crippen molar-refractivity contribution in [1.82, 2.24) is 4.42 Å². The van der Waals surface area contributed by atoms with E-state index >= 15 is 0 Å². The van der Waals surface area contributed by atoms with Crippen LogP contribution >= 0.6 is 23.4 Å². The second-order valence-corrected chi connectivity index (χ2v) is 2.83. The van der Waals surface area contributed by atoms with E-state index < -0.39 is 0 Å². The fraction of sp³-hybridized carbons (Fsp3) is 1.00. The molecule has 0 spiro atoms. The Morgan fingerprint density at radius 2 is 2.11 bits per heavy atom. The zero-order valence-corrected chi connectivity index (χ0v) is 8.45. The first-order chi connectivity index (χ1) is 3.72. The van der Waals surface area contributed by atoms with Gasteiger partial charge in [-0.1, -0.05) is 0 Å². The molecule has 1 saturated heterocycles. The van der Waals surface area contributed by atoms with Crippen LogP contribution < -0.4 is 5.73 Å². The van der Waals surface area contributed by atoms with E-state index in [1.54, 1.807) is 0 Å². The summed E-state index contributed by atoms with van der Waals surface area (Å²) in [6.45, 7) is 0.802. The van der Waals surface area contributed by atoms with E-state index in [2.05, 4.69) is 0 Å². The standard InChI is InChI=1S/C4H8Cl2N2.Pt/c5-4-3(7)1-2-8(4)6;/h3-4H,1-2,7H2;/t3-,4+;/m0./s1. The van der Waals surface area contributed by atoms with Crippen molar-refractivity contribution in [3.05, 3.63) is 0 Å². The number of nitrogens with two attached hydrogens (primary N) is 1. The van der Waals surface area contributed by atoms with Gasteiger partial charge < -0.3 is 5.73 Å². The average Bonchev–Trinajstić information content (AvgIpc) is 1.98. The molecule has 2 atom stereocenters. The first-order valence-electron chi connectivity index (χ1n) is 2.54. The van der Waals surface area contributed by atoms with E-state index in [-0.39, 0.29) is 32.6 Å². The minimum atomic E-state index is -0.170. The monoisotopic (exact) mass is 349 g/mol. The fourth-order valence-electron chi connectivity index (χ4n) is 0.741. The summed E-state index contributed by atoms with van der Waals surface area (Å²) in [7, 11) is 0. The van der Waals surface area contributed by atoms with Crippen LogP contribution in [0.3, 0.4) is 0 Å². The maximum atomic E-state index is 5.68. The van der Waals surface area contributed by atoms with Gasteiger partial charge in [-0.2, -0.15) is 0 Å². The molecule has 0 bridgehead atoms. The molecule has 0 aromatic carbocycles. The molecule has 58 valence electrons. The maximum absolute atomic E-state index is 5.68. The van der Waals surface area contributed by atoms with Crippen molar-refractivity contribution >= 4 is 23.4 Å². The molecule has 1 aliphatic heterocycles. The smallest absolute Gasteiger partial charge is 0.114 e. The molecule has 0 unspecified atom stereocenters. The number of rotatable bonds is 0. The molecule has 2 N–H and O–H groups in total. The van der Waals surface area contributed by atoms with Crippen LogP contribution in [0.15, 0.2) is 0 Å². The van der Waals surface area contributed by atoms with Gasteiger partial charge in [0.2, 0.25) is 0 Å². The quantitative estimate of drug-likeness (QED) is 0.397. The maximum Gasteiger partial charge on any atom is 0.114 e. The summed E-state index contributed by atoms with van der Waals surface area (Å²) in [6.07, 6.45) is 0.900. The van der Waals surface area contributed by atoms with Gasteiger partial charge in [0.25, 0.3) is 0 Å². The second kappa shape index (κ2) is 4.15. The third-order valence-electron chi connectivity index (χ3n) is 1.30. The van der Waals surface area contributed by atoms with Gasteiger partial charge in [0.15, 0.2) is 0 Å². The van der Waals surface area contributed by atoms with Crippen molar-refractivity contribution in [2.45, 2.75) is 18.0 Å². The first-order valence-corrected chi connectivity index (χ1v) is 3.31. The SMILES string of the molecule is N[C@H]1CCN(Cl)[C@H]1Cl.[Pt]. The van der Waals surface area contributed by atoms with Crippen LogP contribution in [0.5, 0.6) is 0 Å². The number of hydrogen-bond acceptors (Lipinski definition) is 2. The second-order valence-electron chi connectivity index (χ2n) is 1.95. The van der Waals surface area contributed by atoms with E-state index in [4.69, 9.17) is 29.1 Å². The summed E-state index contributed by atoms with van der Waals surface area (Å²) < 4.78 is 1.53. The Morgan fingerprint density at radius 3 is 2.22 bits per heavy atom.